The fraction of sp³-hybridized carbons (Fsp3) is 0.320. The molecule has 0 bridgehead atoms. The number of non-ortho nitro benzene ring substituents is 1. The van der Waals surface area contributed by atoms with E-state index in [0.29, 0.717) is 41.2 Å². The van der Waals surface area contributed by atoms with Gasteiger partial charge in [0, 0.05) is 17.7 Å². The Morgan fingerprint density at radius 1 is 1.11 bits per heavy atom. The van der Waals surface area contributed by atoms with Crippen LogP contribution < -0.4 is 9.47 Å². The molecule has 1 aliphatic rings. The number of hydrogen-bond donors (Lipinski definition) is 1. The highest BCUT2D eigenvalue weighted by molar-refractivity contribution is 5.70. The summed E-state index contributed by atoms with van der Waals surface area (Å²) in [5.74, 6) is -0.0158. The number of carboxylic acids is 1. The zero-order valence-electron chi connectivity index (χ0n) is 19.4. The molecule has 11 heteroatoms. The third-order valence-corrected chi connectivity index (χ3v) is 5.96. The standard InChI is InChI=1S/C25H24N2O9/c1-15-22(14-33-25(30)35-20-11-7-18(8-12-20)27(31)32)23(36-26-15)16-5-9-19(10-6-16)34-21-4-2-3-17(13-21)24(28)29/h5-12,17,21H,2-4,13-14H2,1H3,(H,28,29)/t17-,21-/m0/s1. The summed E-state index contributed by atoms with van der Waals surface area (Å²) in [6.45, 7) is 1.56. The molecule has 188 valence electrons. The fourth-order valence-electron chi connectivity index (χ4n) is 4.03. The van der Waals surface area contributed by atoms with E-state index < -0.39 is 17.0 Å². The van der Waals surface area contributed by atoms with Crippen LogP contribution in [0.1, 0.15) is 36.9 Å². The van der Waals surface area contributed by atoms with E-state index >= 15 is 0 Å². The molecule has 1 saturated carbocycles. The fourth-order valence-corrected chi connectivity index (χ4v) is 4.03. The van der Waals surface area contributed by atoms with Gasteiger partial charge in [-0.25, -0.2) is 4.79 Å². The van der Waals surface area contributed by atoms with Crippen LogP contribution in [0.2, 0.25) is 0 Å². The lowest BCUT2D eigenvalue weighted by Gasteiger charge is -2.27. The van der Waals surface area contributed by atoms with Crippen LogP contribution in [0.25, 0.3) is 11.3 Å². The molecular formula is C25H24N2O9. The lowest BCUT2D eigenvalue weighted by atomic mass is 9.87. The first-order valence-corrected chi connectivity index (χ1v) is 11.3. The van der Waals surface area contributed by atoms with Gasteiger partial charge < -0.3 is 23.8 Å². The number of ether oxygens (including phenoxy) is 3. The minimum Gasteiger partial charge on any atom is -0.490 e. The van der Waals surface area contributed by atoms with Crippen molar-refractivity contribution in [1.29, 1.82) is 0 Å². The molecular weight excluding hydrogens is 472 g/mol. The van der Waals surface area contributed by atoms with Gasteiger partial charge in [-0.1, -0.05) is 5.16 Å². The van der Waals surface area contributed by atoms with Gasteiger partial charge in [0.05, 0.1) is 28.2 Å². The topological polar surface area (TPSA) is 151 Å². The van der Waals surface area contributed by atoms with E-state index in [-0.39, 0.29) is 30.1 Å². The SMILES string of the molecule is Cc1noc(-c2ccc(O[C@H]3CCC[C@H](C(=O)O)C3)cc2)c1COC(=O)Oc1ccc([N+](=O)[O-])cc1. The van der Waals surface area contributed by atoms with Gasteiger partial charge in [0.15, 0.2) is 5.76 Å². The second kappa shape index (κ2) is 10.9. The Morgan fingerprint density at radius 3 is 2.47 bits per heavy atom. The smallest absolute Gasteiger partial charge is 0.490 e. The number of aromatic nitrogens is 1. The van der Waals surface area contributed by atoms with E-state index in [1.54, 1.807) is 31.2 Å². The Hall–Kier alpha value is -4.41. The van der Waals surface area contributed by atoms with Crippen molar-refractivity contribution in [2.75, 3.05) is 0 Å². The van der Waals surface area contributed by atoms with Gasteiger partial charge in [-0.05, 0) is 69.0 Å². The molecule has 0 saturated heterocycles. The second-order valence-electron chi connectivity index (χ2n) is 8.43. The van der Waals surface area contributed by atoms with Crippen molar-refractivity contribution in [3.8, 4) is 22.8 Å². The number of nitro benzene ring substituents is 1. The van der Waals surface area contributed by atoms with Gasteiger partial charge in [0.25, 0.3) is 5.69 Å². The number of aryl methyl sites for hydroxylation is 1. The summed E-state index contributed by atoms with van der Waals surface area (Å²) in [6, 6.07) is 12.1. The largest absolute Gasteiger partial charge is 0.514 e. The summed E-state index contributed by atoms with van der Waals surface area (Å²) >= 11 is 0. The molecule has 0 amide bonds. The number of rotatable bonds is 8. The van der Waals surface area contributed by atoms with E-state index in [9.17, 15) is 24.8 Å². The van der Waals surface area contributed by atoms with Crippen molar-refractivity contribution in [3.05, 3.63) is 69.9 Å². The van der Waals surface area contributed by atoms with Crippen LogP contribution in [0.15, 0.2) is 53.1 Å². The predicted molar refractivity (Wildman–Crippen MR) is 125 cm³/mol. The molecule has 1 aromatic heterocycles. The van der Waals surface area contributed by atoms with Crippen molar-refractivity contribution in [1.82, 2.24) is 5.16 Å². The van der Waals surface area contributed by atoms with Gasteiger partial charge >= 0.3 is 12.1 Å². The lowest BCUT2D eigenvalue weighted by Crippen LogP contribution is -2.29. The molecule has 0 spiro atoms. The van der Waals surface area contributed by atoms with Crippen molar-refractivity contribution < 1.29 is 38.4 Å². The summed E-state index contributed by atoms with van der Waals surface area (Å²) in [4.78, 5) is 33.5. The van der Waals surface area contributed by atoms with Crippen LogP contribution in [0, 0.1) is 23.0 Å². The number of carbonyl (C=O) groups excluding carboxylic acids is 1. The molecule has 1 heterocycles. The molecule has 11 nitrogen and oxygen atoms in total. The van der Waals surface area contributed by atoms with Gasteiger partial charge in [-0.2, -0.15) is 0 Å². The molecule has 4 rings (SSSR count). The van der Waals surface area contributed by atoms with Crippen LogP contribution in [0.4, 0.5) is 10.5 Å². The first-order valence-electron chi connectivity index (χ1n) is 11.3. The summed E-state index contributed by atoms with van der Waals surface area (Å²) in [5, 5.41) is 23.9. The highest BCUT2D eigenvalue weighted by atomic mass is 16.7. The van der Waals surface area contributed by atoms with E-state index in [1.807, 2.05) is 0 Å². The average molecular weight is 496 g/mol. The van der Waals surface area contributed by atoms with Gasteiger partial charge in [-0.15, -0.1) is 0 Å². The Morgan fingerprint density at radius 2 is 1.81 bits per heavy atom. The highest BCUT2D eigenvalue weighted by Gasteiger charge is 2.28. The maximum absolute atomic E-state index is 12.1. The number of carbonyl (C=O) groups is 2. The van der Waals surface area contributed by atoms with E-state index in [1.165, 1.54) is 24.3 Å². The van der Waals surface area contributed by atoms with Crippen LogP contribution in [-0.4, -0.2) is 33.4 Å². The molecule has 36 heavy (non-hydrogen) atoms. The van der Waals surface area contributed by atoms with Gasteiger partial charge in [-0.3, -0.25) is 14.9 Å². The first kappa shape index (κ1) is 24.7. The number of nitro groups is 1. The zero-order valence-corrected chi connectivity index (χ0v) is 19.4. The van der Waals surface area contributed by atoms with Gasteiger partial charge in [0.2, 0.25) is 0 Å². The third kappa shape index (κ3) is 5.98. The highest BCUT2D eigenvalue weighted by Crippen LogP contribution is 2.31. The van der Waals surface area contributed by atoms with E-state index in [4.69, 9.17) is 18.7 Å². The third-order valence-electron chi connectivity index (χ3n) is 5.96. The van der Waals surface area contributed by atoms with Crippen LogP contribution >= 0.6 is 0 Å². The number of hydrogen-bond acceptors (Lipinski definition) is 9. The first-order chi connectivity index (χ1) is 17.3. The van der Waals surface area contributed by atoms with Crippen LogP contribution in [0.3, 0.4) is 0 Å². The molecule has 1 N–H and O–H groups in total. The monoisotopic (exact) mass is 496 g/mol. The Labute approximate surface area is 205 Å². The average Bonchev–Trinajstić information content (AvgIpc) is 3.24. The van der Waals surface area contributed by atoms with Crippen LogP contribution in [-0.2, 0) is 16.1 Å². The summed E-state index contributed by atoms with van der Waals surface area (Å²) in [6.07, 6.45) is 1.65. The number of benzene rings is 2. The predicted octanol–water partition coefficient (Wildman–Crippen LogP) is 5.30. The second-order valence-corrected chi connectivity index (χ2v) is 8.43. The van der Waals surface area contributed by atoms with Crippen molar-refractivity contribution in [2.24, 2.45) is 5.92 Å². The molecule has 0 radical (unpaired) electrons. The molecule has 3 aromatic rings. The van der Waals surface area contributed by atoms with Crippen molar-refractivity contribution in [2.45, 2.75) is 45.3 Å². The number of carboxylic acid groups (broad SMARTS) is 1. The normalized spacial score (nSPS) is 17.2. The van der Waals surface area contributed by atoms with E-state index in [0.717, 1.165) is 12.8 Å². The van der Waals surface area contributed by atoms with Gasteiger partial charge in [0.1, 0.15) is 18.1 Å². The van der Waals surface area contributed by atoms with Crippen molar-refractivity contribution >= 4 is 17.8 Å². The molecule has 1 aliphatic carbocycles. The summed E-state index contributed by atoms with van der Waals surface area (Å²) < 4.78 is 21.7. The van der Waals surface area contributed by atoms with Crippen LogP contribution in [0.5, 0.6) is 11.5 Å². The molecule has 2 atom stereocenters. The molecule has 0 aliphatic heterocycles. The Bertz CT molecular complexity index is 1240. The summed E-state index contributed by atoms with van der Waals surface area (Å²) in [5.41, 5.74) is 1.66. The Balaban J connectivity index is 1.36. The minimum absolute atomic E-state index is 0.107. The van der Waals surface area contributed by atoms with Crippen molar-refractivity contribution in [3.63, 3.8) is 0 Å². The minimum atomic E-state index is -0.980. The number of aliphatic carboxylic acids is 1. The molecule has 2 aromatic carbocycles. The maximum atomic E-state index is 12.1. The van der Waals surface area contributed by atoms with E-state index in [2.05, 4.69) is 5.16 Å². The molecule has 1 fully saturated rings. The maximum Gasteiger partial charge on any atom is 0.514 e. The Kier molecular flexibility index (Phi) is 7.47. The summed E-state index contributed by atoms with van der Waals surface area (Å²) in [7, 11) is 0. The number of nitrogens with zero attached hydrogens (tertiary/aromatic N) is 2. The zero-order chi connectivity index (χ0) is 25.7. The molecule has 0 unspecified atom stereocenters. The lowest BCUT2D eigenvalue weighted by molar-refractivity contribution is -0.384. The quantitative estimate of drug-likeness (QED) is 0.188.